The van der Waals surface area contributed by atoms with Crippen molar-refractivity contribution in [1.82, 2.24) is 15.0 Å². The van der Waals surface area contributed by atoms with Crippen LogP contribution in [0.4, 0.5) is 0 Å². The molecule has 0 fully saturated rings. The van der Waals surface area contributed by atoms with Crippen LogP contribution in [0.5, 0.6) is 0 Å². The summed E-state index contributed by atoms with van der Waals surface area (Å²) in [5, 5.41) is 4.51. The molecule has 0 N–H and O–H groups in total. The van der Waals surface area contributed by atoms with Crippen molar-refractivity contribution in [3.8, 4) is 33.6 Å². The molecule has 1 radical (unpaired) electrons. The molecule has 0 saturated heterocycles. The predicted octanol–water partition coefficient (Wildman–Crippen LogP) is 9.83. The fourth-order valence-electron chi connectivity index (χ4n) is 5.31. The van der Waals surface area contributed by atoms with Crippen LogP contribution in [-0.4, -0.2) is 15.0 Å². The Morgan fingerprint density at radius 2 is 1.50 bits per heavy atom. The number of aryl methyl sites for hydroxylation is 2. The van der Waals surface area contributed by atoms with Crippen LogP contribution < -0.4 is 0 Å². The molecular weight excluding hydrogens is 719 g/mol. The molecule has 8 rings (SSSR count). The van der Waals surface area contributed by atoms with Crippen LogP contribution in [0.25, 0.3) is 66.5 Å². The molecule has 5 heteroatoms. The van der Waals surface area contributed by atoms with E-state index in [1.165, 1.54) is 16.3 Å². The van der Waals surface area contributed by atoms with E-state index in [4.69, 9.17) is 9.40 Å². The second kappa shape index (κ2) is 12.7. The Morgan fingerprint density at radius 1 is 0.659 bits per heavy atom. The molecule has 0 atom stereocenters. The normalized spacial score (nSPS) is 10.8. The van der Waals surface area contributed by atoms with Gasteiger partial charge in [-0.2, -0.15) is 0 Å². The minimum Gasteiger partial charge on any atom is -0.486 e. The van der Waals surface area contributed by atoms with E-state index in [9.17, 15) is 0 Å². The van der Waals surface area contributed by atoms with E-state index in [1.807, 2.05) is 73.8 Å². The van der Waals surface area contributed by atoms with Gasteiger partial charge in [-0.15, -0.1) is 54.1 Å². The average molecular weight is 746 g/mol. The zero-order valence-corrected chi connectivity index (χ0v) is 26.6. The van der Waals surface area contributed by atoms with Crippen molar-refractivity contribution in [1.29, 1.82) is 0 Å². The maximum absolute atomic E-state index is 6.17. The second-order valence-corrected chi connectivity index (χ2v) is 10.4. The first-order valence-electron chi connectivity index (χ1n) is 14.2. The van der Waals surface area contributed by atoms with Crippen molar-refractivity contribution in [2.45, 2.75) is 13.8 Å². The van der Waals surface area contributed by atoms with Crippen LogP contribution in [0.15, 0.2) is 132 Å². The Labute approximate surface area is 269 Å². The van der Waals surface area contributed by atoms with Crippen LogP contribution in [-0.2, 0) is 20.1 Å². The number of fused-ring (bicyclic) bond motifs is 4. The van der Waals surface area contributed by atoms with E-state index in [2.05, 4.69) is 83.6 Å². The van der Waals surface area contributed by atoms with Crippen LogP contribution in [0.2, 0.25) is 0 Å². The first-order valence-corrected chi connectivity index (χ1v) is 14.2. The Balaban J connectivity index is 0.000000222. The molecule has 0 aliphatic rings. The number of rotatable bonds is 3. The van der Waals surface area contributed by atoms with Crippen LogP contribution in [0, 0.1) is 26.0 Å². The number of furan rings is 1. The van der Waals surface area contributed by atoms with E-state index in [1.54, 1.807) is 6.20 Å². The van der Waals surface area contributed by atoms with Gasteiger partial charge in [0.25, 0.3) is 0 Å². The third-order valence-electron chi connectivity index (χ3n) is 7.51. The molecule has 0 bridgehead atoms. The summed E-state index contributed by atoms with van der Waals surface area (Å²) < 4.78 is 6.17. The summed E-state index contributed by atoms with van der Waals surface area (Å²) in [4.78, 5) is 13.5. The topological polar surface area (TPSA) is 51.8 Å². The van der Waals surface area contributed by atoms with Gasteiger partial charge in [0.05, 0.1) is 5.58 Å². The number of hydrogen-bond acceptors (Lipinski definition) is 4. The van der Waals surface area contributed by atoms with Gasteiger partial charge in [-0.25, -0.2) is 4.98 Å². The van der Waals surface area contributed by atoms with Crippen LogP contribution in [0.1, 0.15) is 11.3 Å². The van der Waals surface area contributed by atoms with Gasteiger partial charge in [-0.3, -0.25) is 0 Å². The molecule has 4 aromatic heterocycles. The number of nitrogens with zero attached hydrogens (tertiary/aromatic N) is 3. The Bertz CT molecular complexity index is 2170. The largest absolute Gasteiger partial charge is 0.486 e. The molecule has 4 heterocycles. The number of aromatic nitrogens is 3. The molecule has 4 nitrogen and oxygen atoms in total. The van der Waals surface area contributed by atoms with Crippen molar-refractivity contribution in [2.75, 3.05) is 0 Å². The second-order valence-electron chi connectivity index (χ2n) is 10.4. The van der Waals surface area contributed by atoms with Crippen molar-refractivity contribution in [2.24, 2.45) is 0 Å². The van der Waals surface area contributed by atoms with Gasteiger partial charge in [0.15, 0.2) is 0 Å². The summed E-state index contributed by atoms with van der Waals surface area (Å²) >= 11 is 0. The van der Waals surface area contributed by atoms with Crippen molar-refractivity contribution < 1.29 is 24.5 Å². The summed E-state index contributed by atoms with van der Waals surface area (Å²) in [6.45, 7) is 4.07. The van der Waals surface area contributed by atoms with Crippen molar-refractivity contribution in [3.63, 3.8) is 0 Å². The van der Waals surface area contributed by atoms with Crippen LogP contribution in [0.3, 0.4) is 0 Å². The summed E-state index contributed by atoms with van der Waals surface area (Å²) in [6.07, 6.45) is 3.72. The molecule has 4 aromatic carbocycles. The van der Waals surface area contributed by atoms with Gasteiger partial charge in [-0.05, 0) is 77.0 Å². The van der Waals surface area contributed by atoms with Gasteiger partial charge in [0.1, 0.15) is 0 Å². The van der Waals surface area contributed by atoms with Gasteiger partial charge < -0.3 is 14.4 Å². The number of pyridine rings is 3. The monoisotopic (exact) mass is 746 g/mol. The standard InChI is InChI=1S/C28H19N2O.C11H8N.Ir/c1-17-16-29-26(15-25(17)21-12-11-19-6-3-4-7-20(19)14-21)24-9-5-8-22-23-13-10-18(2)30-28(23)31-27(22)24;1-2-6-10(7-3-1)11-8-4-5-9-12-11;/h3-8,10-16H,1-2H3;1-6,8-9H;/q2*-1;. The van der Waals surface area contributed by atoms with E-state index in [0.29, 0.717) is 5.71 Å². The van der Waals surface area contributed by atoms with E-state index < -0.39 is 0 Å². The molecule has 0 saturated carbocycles. The number of benzene rings is 4. The minimum absolute atomic E-state index is 0. The molecule has 215 valence electrons. The number of hydrogen-bond donors (Lipinski definition) is 0. The predicted molar refractivity (Wildman–Crippen MR) is 175 cm³/mol. The van der Waals surface area contributed by atoms with Gasteiger partial charge in [0, 0.05) is 43.6 Å². The summed E-state index contributed by atoms with van der Waals surface area (Å²) in [6, 6.07) is 45.3. The SMILES string of the molecule is Cc1ccc2c(n1)oc1c(-c3cc(-c4ccc5ccccc5c4)c(C)cn3)[c-]ccc12.[Ir].[c-]1ccccc1-c1ccccn1. The van der Waals surface area contributed by atoms with Crippen molar-refractivity contribution in [3.05, 3.63) is 151 Å². The minimum atomic E-state index is 0. The fourth-order valence-corrected chi connectivity index (χ4v) is 5.31. The molecule has 8 aromatic rings. The maximum atomic E-state index is 6.17. The summed E-state index contributed by atoms with van der Waals surface area (Å²) in [5.41, 5.74) is 9.54. The van der Waals surface area contributed by atoms with E-state index in [-0.39, 0.29) is 20.1 Å². The molecule has 0 unspecified atom stereocenters. The first-order chi connectivity index (χ1) is 21.1. The van der Waals surface area contributed by atoms with Crippen LogP contribution >= 0.6 is 0 Å². The quantitative estimate of drug-likeness (QED) is 0.169. The molecule has 0 aliphatic heterocycles. The summed E-state index contributed by atoms with van der Waals surface area (Å²) in [7, 11) is 0. The van der Waals surface area contributed by atoms with E-state index in [0.717, 1.165) is 55.7 Å². The Kier molecular flexibility index (Phi) is 8.42. The summed E-state index contributed by atoms with van der Waals surface area (Å²) in [5.74, 6) is 0. The average Bonchev–Trinajstić information content (AvgIpc) is 3.44. The van der Waals surface area contributed by atoms with Crippen molar-refractivity contribution >= 4 is 32.8 Å². The molecule has 44 heavy (non-hydrogen) atoms. The zero-order chi connectivity index (χ0) is 29.2. The molecule has 0 amide bonds. The zero-order valence-electron chi connectivity index (χ0n) is 24.2. The Morgan fingerprint density at radius 3 is 2.32 bits per heavy atom. The smallest absolute Gasteiger partial charge is 0.216 e. The van der Waals surface area contributed by atoms with Gasteiger partial charge in [0.2, 0.25) is 5.71 Å². The molecule has 0 spiro atoms. The van der Waals surface area contributed by atoms with E-state index >= 15 is 0 Å². The third kappa shape index (κ3) is 5.80. The third-order valence-corrected chi connectivity index (χ3v) is 7.51. The van der Waals surface area contributed by atoms with Gasteiger partial charge in [-0.1, -0.05) is 65.5 Å². The fraction of sp³-hybridized carbons (Fsp3) is 0.0513. The van der Waals surface area contributed by atoms with Gasteiger partial charge >= 0.3 is 0 Å². The Hall–Kier alpha value is -4.96. The molecule has 0 aliphatic carbocycles. The first kappa shape index (κ1) is 29.1. The molecular formula is C39H27IrN3O-2. The maximum Gasteiger partial charge on any atom is 0.216 e.